The van der Waals surface area contributed by atoms with Crippen molar-refractivity contribution in [1.82, 2.24) is 15.1 Å². The number of carbonyl (C=O) groups is 2. The van der Waals surface area contributed by atoms with Crippen molar-refractivity contribution < 1.29 is 14.0 Å². The highest BCUT2D eigenvalue weighted by Gasteiger charge is 2.31. The van der Waals surface area contributed by atoms with Crippen molar-refractivity contribution in [1.29, 1.82) is 0 Å². The first-order valence-corrected chi connectivity index (χ1v) is 9.98. The van der Waals surface area contributed by atoms with Gasteiger partial charge in [-0.1, -0.05) is 13.0 Å². The second-order valence-corrected chi connectivity index (χ2v) is 7.46. The molecule has 144 valence electrons. The van der Waals surface area contributed by atoms with Crippen molar-refractivity contribution >= 4 is 11.8 Å². The number of nitrogens with one attached hydrogen (secondary N) is 1. The number of likely N-dealkylation sites (tertiary alicyclic amines) is 2. The highest BCUT2D eigenvalue weighted by atomic mass is 19.1. The minimum absolute atomic E-state index is 0.0511. The Morgan fingerprint density at radius 1 is 1.23 bits per heavy atom. The topological polar surface area (TPSA) is 52.7 Å². The second kappa shape index (κ2) is 8.80. The molecule has 6 heteroatoms. The molecule has 0 aromatic heterocycles. The highest BCUT2D eigenvalue weighted by Crippen LogP contribution is 2.35. The van der Waals surface area contributed by atoms with Crippen LogP contribution in [-0.4, -0.2) is 53.8 Å². The van der Waals surface area contributed by atoms with Gasteiger partial charge in [-0.3, -0.25) is 9.59 Å². The molecule has 0 atom stereocenters. The lowest BCUT2D eigenvalue weighted by Gasteiger charge is -2.35. The molecule has 0 aromatic carbocycles. The number of nitrogens with zero attached hydrogens (tertiary/aromatic N) is 2. The Morgan fingerprint density at radius 2 is 2.00 bits per heavy atom. The third kappa shape index (κ3) is 4.53. The van der Waals surface area contributed by atoms with Gasteiger partial charge < -0.3 is 15.1 Å². The predicted octanol–water partition coefficient (Wildman–Crippen LogP) is 2.89. The van der Waals surface area contributed by atoms with Gasteiger partial charge in [0.05, 0.1) is 5.70 Å². The maximum atomic E-state index is 14.3. The molecule has 0 unspecified atom stereocenters. The molecule has 2 saturated heterocycles. The van der Waals surface area contributed by atoms with Crippen LogP contribution < -0.4 is 5.32 Å². The zero-order valence-corrected chi connectivity index (χ0v) is 15.7. The summed E-state index contributed by atoms with van der Waals surface area (Å²) in [7, 11) is 0. The third-order valence-corrected chi connectivity index (χ3v) is 5.62. The molecule has 3 aliphatic rings. The molecule has 1 aliphatic carbocycles. The van der Waals surface area contributed by atoms with Crippen LogP contribution >= 0.6 is 0 Å². The van der Waals surface area contributed by atoms with Crippen molar-refractivity contribution in [3.63, 3.8) is 0 Å². The fraction of sp³-hybridized carbons (Fsp3) is 0.700. The van der Waals surface area contributed by atoms with Crippen LogP contribution in [0, 0.1) is 0 Å². The van der Waals surface area contributed by atoms with E-state index >= 15 is 0 Å². The van der Waals surface area contributed by atoms with Gasteiger partial charge in [0.15, 0.2) is 0 Å². The van der Waals surface area contributed by atoms with E-state index in [1.807, 2.05) is 6.92 Å². The van der Waals surface area contributed by atoms with Crippen LogP contribution in [0.2, 0.25) is 0 Å². The van der Waals surface area contributed by atoms with Crippen molar-refractivity contribution in [2.75, 3.05) is 26.2 Å². The van der Waals surface area contributed by atoms with Crippen molar-refractivity contribution in [3.05, 3.63) is 23.2 Å². The quantitative estimate of drug-likeness (QED) is 0.789. The zero-order valence-electron chi connectivity index (χ0n) is 15.7. The summed E-state index contributed by atoms with van der Waals surface area (Å²) in [5.74, 6) is 0.0527. The number of piperidine rings is 2. The van der Waals surface area contributed by atoms with E-state index in [4.69, 9.17) is 0 Å². The molecular weight excluding hydrogens is 333 g/mol. The smallest absolute Gasteiger partial charge is 0.227 e. The van der Waals surface area contributed by atoms with Crippen molar-refractivity contribution in [2.45, 2.75) is 64.3 Å². The van der Waals surface area contributed by atoms with Crippen LogP contribution in [0.3, 0.4) is 0 Å². The zero-order chi connectivity index (χ0) is 18.5. The molecule has 2 fully saturated rings. The first-order valence-electron chi connectivity index (χ1n) is 9.98. The summed E-state index contributed by atoms with van der Waals surface area (Å²) in [6, 6.07) is 0.288. The molecule has 1 N–H and O–H groups in total. The van der Waals surface area contributed by atoms with Crippen LogP contribution in [0.1, 0.15) is 58.3 Å². The fourth-order valence-corrected chi connectivity index (χ4v) is 4.12. The lowest BCUT2D eigenvalue weighted by molar-refractivity contribution is -0.130. The van der Waals surface area contributed by atoms with Gasteiger partial charge in [0, 0.05) is 44.9 Å². The number of allylic oxidation sites excluding steroid dienone is 3. The van der Waals surface area contributed by atoms with Crippen LogP contribution in [0.15, 0.2) is 23.2 Å². The minimum atomic E-state index is -0.122. The molecule has 0 bridgehead atoms. The van der Waals surface area contributed by atoms with Gasteiger partial charge >= 0.3 is 0 Å². The van der Waals surface area contributed by atoms with E-state index in [-0.39, 0.29) is 23.7 Å². The number of rotatable bonds is 6. The van der Waals surface area contributed by atoms with E-state index in [2.05, 4.69) is 16.3 Å². The summed E-state index contributed by atoms with van der Waals surface area (Å²) in [5.41, 5.74) is 1.58. The van der Waals surface area contributed by atoms with Gasteiger partial charge in [0.2, 0.25) is 11.8 Å². The Labute approximate surface area is 155 Å². The molecule has 2 amide bonds. The van der Waals surface area contributed by atoms with Crippen LogP contribution in [0.4, 0.5) is 4.39 Å². The molecule has 3 rings (SSSR count). The summed E-state index contributed by atoms with van der Waals surface area (Å²) >= 11 is 0. The Bertz CT molecular complexity index is 606. The number of hydrogen-bond donors (Lipinski definition) is 1. The highest BCUT2D eigenvalue weighted by molar-refractivity contribution is 5.81. The molecule has 26 heavy (non-hydrogen) atoms. The molecule has 2 heterocycles. The summed E-state index contributed by atoms with van der Waals surface area (Å²) in [4.78, 5) is 27.8. The third-order valence-electron chi connectivity index (χ3n) is 5.62. The molecule has 2 aliphatic heterocycles. The van der Waals surface area contributed by atoms with Gasteiger partial charge in [0.1, 0.15) is 5.83 Å². The number of halogens is 1. The average Bonchev–Trinajstić information content (AvgIpc) is 2.65. The molecule has 0 saturated carbocycles. The molecule has 0 radical (unpaired) electrons. The average molecular weight is 363 g/mol. The Hall–Kier alpha value is -1.69. The van der Waals surface area contributed by atoms with Crippen LogP contribution in [-0.2, 0) is 9.59 Å². The number of hydrogen-bond acceptors (Lipinski definition) is 3. The maximum Gasteiger partial charge on any atom is 0.227 e. The lowest BCUT2D eigenvalue weighted by atomic mass is 9.93. The Morgan fingerprint density at radius 3 is 2.73 bits per heavy atom. The first-order chi connectivity index (χ1) is 12.6. The van der Waals surface area contributed by atoms with Gasteiger partial charge in [-0.2, -0.15) is 0 Å². The summed E-state index contributed by atoms with van der Waals surface area (Å²) in [6.07, 6.45) is 7.75. The monoisotopic (exact) mass is 363 g/mol. The summed E-state index contributed by atoms with van der Waals surface area (Å²) in [6.45, 7) is 5.30. The van der Waals surface area contributed by atoms with Crippen LogP contribution in [0.25, 0.3) is 0 Å². The summed E-state index contributed by atoms with van der Waals surface area (Å²) < 4.78 is 14.3. The molecular formula is C20H30FN3O2. The number of fused-ring (bicyclic) bond motifs is 1. The Kier molecular flexibility index (Phi) is 6.46. The van der Waals surface area contributed by atoms with E-state index in [9.17, 15) is 14.0 Å². The van der Waals surface area contributed by atoms with E-state index in [0.29, 0.717) is 37.9 Å². The van der Waals surface area contributed by atoms with E-state index in [1.165, 1.54) is 0 Å². The van der Waals surface area contributed by atoms with Gasteiger partial charge in [-0.05, 0) is 44.2 Å². The summed E-state index contributed by atoms with van der Waals surface area (Å²) in [5, 5.41) is 3.07. The first kappa shape index (κ1) is 19.1. The van der Waals surface area contributed by atoms with Crippen LogP contribution in [0.5, 0.6) is 0 Å². The standard InChI is InChI=1S/C20H30FN3O2/c1-2-18(25)22-16-9-13-23(14-10-16)11-4-12-24-19(26)8-7-15-5-3-6-17(21)20(15)24/h5,16H,2-4,6-14H2,1H3,(H,22,25). The number of amides is 2. The van der Waals surface area contributed by atoms with E-state index in [1.54, 1.807) is 4.90 Å². The maximum absolute atomic E-state index is 14.3. The van der Waals surface area contributed by atoms with Gasteiger partial charge in [-0.25, -0.2) is 4.39 Å². The largest absolute Gasteiger partial charge is 0.353 e. The van der Waals surface area contributed by atoms with E-state index in [0.717, 1.165) is 50.9 Å². The van der Waals surface area contributed by atoms with Crippen molar-refractivity contribution in [3.8, 4) is 0 Å². The minimum Gasteiger partial charge on any atom is -0.353 e. The van der Waals surface area contributed by atoms with Gasteiger partial charge in [-0.15, -0.1) is 0 Å². The normalized spacial score (nSPS) is 22.3. The van der Waals surface area contributed by atoms with Gasteiger partial charge in [0.25, 0.3) is 0 Å². The Balaban J connectivity index is 1.45. The fourth-order valence-electron chi connectivity index (χ4n) is 4.12. The predicted molar refractivity (Wildman–Crippen MR) is 98.9 cm³/mol. The molecule has 5 nitrogen and oxygen atoms in total. The van der Waals surface area contributed by atoms with E-state index < -0.39 is 0 Å². The SMILES string of the molecule is CCC(=O)NC1CCN(CCCN2C(=O)CCC3=CCCC(F)=C32)CC1. The van der Waals surface area contributed by atoms with Crippen molar-refractivity contribution in [2.24, 2.45) is 0 Å². The lowest BCUT2D eigenvalue weighted by Crippen LogP contribution is -2.45. The molecule has 0 aromatic rings. The second-order valence-electron chi connectivity index (χ2n) is 7.46. The number of carbonyl (C=O) groups excluding carboxylic acids is 2. The molecule has 0 spiro atoms.